The van der Waals surface area contributed by atoms with Crippen LogP contribution in [0.4, 0.5) is 4.79 Å². The van der Waals surface area contributed by atoms with Crippen LogP contribution in [0.5, 0.6) is 0 Å². The van der Waals surface area contributed by atoms with E-state index in [1.807, 2.05) is 6.92 Å². The first-order chi connectivity index (χ1) is 8.83. The van der Waals surface area contributed by atoms with Crippen molar-refractivity contribution in [1.29, 1.82) is 0 Å². The zero-order chi connectivity index (χ0) is 14.5. The van der Waals surface area contributed by atoms with E-state index in [0.29, 0.717) is 12.5 Å². The Balaban J connectivity index is 2.30. The molecule has 1 aliphatic rings. The van der Waals surface area contributed by atoms with Crippen LogP contribution in [0.2, 0.25) is 0 Å². The van der Waals surface area contributed by atoms with Crippen molar-refractivity contribution in [2.75, 3.05) is 6.54 Å². The van der Waals surface area contributed by atoms with Crippen molar-refractivity contribution in [1.82, 2.24) is 10.6 Å². The molecule has 5 nitrogen and oxygen atoms in total. The highest BCUT2D eigenvalue weighted by Crippen LogP contribution is 2.43. The number of aliphatic carboxylic acids is 1. The summed E-state index contributed by atoms with van der Waals surface area (Å²) in [5.41, 5.74) is -0.218. The Hall–Kier alpha value is -1.26. The summed E-state index contributed by atoms with van der Waals surface area (Å²) in [5, 5.41) is 14.6. The lowest BCUT2D eigenvalue weighted by molar-refractivity contribution is -0.141. The molecule has 1 fully saturated rings. The Labute approximate surface area is 115 Å². The quantitative estimate of drug-likeness (QED) is 0.664. The summed E-state index contributed by atoms with van der Waals surface area (Å²) in [6.45, 7) is 6.67. The van der Waals surface area contributed by atoms with E-state index >= 15 is 0 Å². The van der Waals surface area contributed by atoms with Gasteiger partial charge in [-0.1, -0.05) is 20.3 Å². The van der Waals surface area contributed by atoms with Crippen molar-refractivity contribution >= 4 is 12.0 Å². The Morgan fingerprint density at radius 2 is 1.89 bits per heavy atom. The number of carbonyl (C=O) groups excluding carboxylic acids is 1. The highest BCUT2D eigenvalue weighted by Gasteiger charge is 2.39. The van der Waals surface area contributed by atoms with Gasteiger partial charge in [0.05, 0.1) is 6.42 Å². The van der Waals surface area contributed by atoms with E-state index in [2.05, 4.69) is 24.5 Å². The fourth-order valence-electron chi connectivity index (χ4n) is 2.72. The van der Waals surface area contributed by atoms with Crippen molar-refractivity contribution in [3.63, 3.8) is 0 Å². The molecule has 19 heavy (non-hydrogen) atoms. The van der Waals surface area contributed by atoms with Gasteiger partial charge in [0.15, 0.2) is 0 Å². The van der Waals surface area contributed by atoms with Crippen molar-refractivity contribution in [3.8, 4) is 0 Å². The molecule has 0 spiro atoms. The Kier molecular flexibility index (Phi) is 5.63. The van der Waals surface area contributed by atoms with E-state index < -0.39 is 5.97 Å². The van der Waals surface area contributed by atoms with Crippen molar-refractivity contribution in [2.24, 2.45) is 11.3 Å². The van der Waals surface area contributed by atoms with Gasteiger partial charge in [-0.15, -0.1) is 0 Å². The molecule has 1 unspecified atom stereocenters. The number of carboxylic acid groups (broad SMARTS) is 1. The molecular weight excluding hydrogens is 244 g/mol. The average Bonchev–Trinajstić information content (AvgIpc) is 2.19. The molecule has 3 N–H and O–H groups in total. The van der Waals surface area contributed by atoms with Gasteiger partial charge in [-0.2, -0.15) is 0 Å². The van der Waals surface area contributed by atoms with Crippen molar-refractivity contribution in [2.45, 2.75) is 58.9 Å². The number of urea groups is 1. The molecule has 0 aromatic rings. The molecule has 0 bridgehead atoms. The molecule has 1 atom stereocenters. The van der Waals surface area contributed by atoms with Gasteiger partial charge in [-0.05, 0) is 37.5 Å². The molecule has 110 valence electrons. The molecular formula is C14H26N2O3. The molecule has 5 heteroatoms. The van der Waals surface area contributed by atoms with Crippen LogP contribution in [-0.2, 0) is 4.79 Å². The molecule has 1 rings (SSSR count). The Morgan fingerprint density at radius 3 is 2.32 bits per heavy atom. The predicted molar refractivity (Wildman–Crippen MR) is 74.0 cm³/mol. The van der Waals surface area contributed by atoms with Gasteiger partial charge in [0.2, 0.25) is 0 Å². The third-order valence-corrected chi connectivity index (χ3v) is 3.77. The SMILES string of the molecule is CC(C)CC(C)NC(=O)NCC1(CC(=O)O)CCC1. The predicted octanol–water partition coefficient (Wildman–Crippen LogP) is 2.37. The maximum atomic E-state index is 11.7. The second-order valence-corrected chi connectivity index (χ2v) is 6.28. The zero-order valence-electron chi connectivity index (χ0n) is 12.2. The van der Waals surface area contributed by atoms with E-state index in [9.17, 15) is 9.59 Å². The zero-order valence-corrected chi connectivity index (χ0v) is 12.2. The van der Waals surface area contributed by atoms with Gasteiger partial charge in [0, 0.05) is 12.6 Å². The van der Waals surface area contributed by atoms with E-state index in [1.54, 1.807) is 0 Å². The number of nitrogens with one attached hydrogen (secondary N) is 2. The van der Waals surface area contributed by atoms with Gasteiger partial charge < -0.3 is 15.7 Å². The summed E-state index contributed by atoms with van der Waals surface area (Å²) in [5.74, 6) is -0.240. The van der Waals surface area contributed by atoms with E-state index in [-0.39, 0.29) is 23.9 Å². The summed E-state index contributed by atoms with van der Waals surface area (Å²) in [6.07, 6.45) is 3.92. The molecule has 0 saturated heterocycles. The first-order valence-corrected chi connectivity index (χ1v) is 7.09. The Bertz CT molecular complexity index is 325. The lowest BCUT2D eigenvalue weighted by atomic mass is 9.66. The maximum absolute atomic E-state index is 11.7. The van der Waals surface area contributed by atoms with Crippen LogP contribution in [-0.4, -0.2) is 29.7 Å². The lowest BCUT2D eigenvalue weighted by Crippen LogP contribution is -2.48. The second kappa shape index (κ2) is 6.78. The van der Waals surface area contributed by atoms with E-state index in [1.165, 1.54) is 0 Å². The number of carboxylic acids is 1. The number of hydrogen-bond acceptors (Lipinski definition) is 2. The molecule has 0 radical (unpaired) electrons. The number of amides is 2. The maximum Gasteiger partial charge on any atom is 0.315 e. The van der Waals surface area contributed by atoms with Crippen LogP contribution in [0.3, 0.4) is 0 Å². The van der Waals surface area contributed by atoms with Gasteiger partial charge in [0.25, 0.3) is 0 Å². The van der Waals surface area contributed by atoms with Crippen LogP contribution in [0, 0.1) is 11.3 Å². The fourth-order valence-corrected chi connectivity index (χ4v) is 2.72. The van der Waals surface area contributed by atoms with Crippen LogP contribution < -0.4 is 10.6 Å². The summed E-state index contributed by atoms with van der Waals surface area (Å²) in [7, 11) is 0. The normalized spacial score (nSPS) is 18.5. The molecule has 0 aromatic heterocycles. The second-order valence-electron chi connectivity index (χ2n) is 6.28. The first kappa shape index (κ1) is 15.8. The van der Waals surface area contributed by atoms with Crippen LogP contribution >= 0.6 is 0 Å². The first-order valence-electron chi connectivity index (χ1n) is 7.09. The molecule has 0 aromatic carbocycles. The molecule has 0 aliphatic heterocycles. The smallest absolute Gasteiger partial charge is 0.315 e. The number of carbonyl (C=O) groups is 2. The fraction of sp³-hybridized carbons (Fsp3) is 0.857. The lowest BCUT2D eigenvalue weighted by Gasteiger charge is -2.40. The molecule has 1 saturated carbocycles. The topological polar surface area (TPSA) is 78.4 Å². The van der Waals surface area contributed by atoms with Crippen LogP contribution in [0.1, 0.15) is 52.9 Å². The van der Waals surface area contributed by atoms with Crippen LogP contribution in [0.15, 0.2) is 0 Å². The third kappa shape index (κ3) is 5.49. The monoisotopic (exact) mass is 270 g/mol. The summed E-state index contributed by atoms with van der Waals surface area (Å²) < 4.78 is 0. The summed E-state index contributed by atoms with van der Waals surface area (Å²) in [6, 6.07) is -0.0540. The summed E-state index contributed by atoms with van der Waals surface area (Å²) in [4.78, 5) is 22.6. The number of rotatable bonds is 7. The third-order valence-electron chi connectivity index (χ3n) is 3.77. The molecule has 0 heterocycles. The van der Waals surface area contributed by atoms with Crippen molar-refractivity contribution < 1.29 is 14.7 Å². The van der Waals surface area contributed by atoms with Gasteiger partial charge in [-0.25, -0.2) is 4.79 Å². The molecule has 1 aliphatic carbocycles. The minimum absolute atomic E-state index is 0.136. The minimum Gasteiger partial charge on any atom is -0.481 e. The number of hydrogen-bond donors (Lipinski definition) is 3. The average molecular weight is 270 g/mol. The highest BCUT2D eigenvalue weighted by atomic mass is 16.4. The van der Waals surface area contributed by atoms with Gasteiger partial charge in [-0.3, -0.25) is 4.79 Å². The minimum atomic E-state index is -0.782. The Morgan fingerprint density at radius 1 is 1.26 bits per heavy atom. The largest absolute Gasteiger partial charge is 0.481 e. The van der Waals surface area contributed by atoms with Gasteiger partial charge >= 0.3 is 12.0 Å². The molecule has 2 amide bonds. The van der Waals surface area contributed by atoms with E-state index in [0.717, 1.165) is 25.7 Å². The summed E-state index contributed by atoms with van der Waals surface area (Å²) >= 11 is 0. The van der Waals surface area contributed by atoms with E-state index in [4.69, 9.17) is 5.11 Å². The van der Waals surface area contributed by atoms with Crippen molar-refractivity contribution in [3.05, 3.63) is 0 Å². The highest BCUT2D eigenvalue weighted by molar-refractivity contribution is 5.74. The van der Waals surface area contributed by atoms with Crippen LogP contribution in [0.25, 0.3) is 0 Å². The standard InChI is InChI=1S/C14H26N2O3/c1-10(2)7-11(3)16-13(19)15-9-14(5-4-6-14)8-12(17)18/h10-11H,4-9H2,1-3H3,(H,17,18)(H2,15,16,19). The van der Waals surface area contributed by atoms with Gasteiger partial charge in [0.1, 0.15) is 0 Å².